The Bertz CT molecular complexity index is 832. The quantitative estimate of drug-likeness (QED) is 0.616. The summed E-state index contributed by atoms with van der Waals surface area (Å²) >= 11 is 5.78. The van der Waals surface area contributed by atoms with Crippen LogP contribution in [0.2, 0.25) is 5.02 Å². The van der Waals surface area contributed by atoms with E-state index >= 15 is 0 Å². The minimum atomic E-state index is -3.54. The standard InChI is InChI=1S/C18H22ClN3O2S/c1-14-4-8-17(9-5-14)21-15(2)22(3)13-12-20-25(23,24)18-10-6-16(19)7-11-18/h4-11,20H,12-13H2,1-3H3. The maximum atomic E-state index is 12.2. The second-order valence-corrected chi connectivity index (χ2v) is 7.97. The molecule has 0 radical (unpaired) electrons. The van der Waals surface area contributed by atoms with E-state index in [1.165, 1.54) is 17.7 Å². The fourth-order valence-corrected chi connectivity index (χ4v) is 3.25. The van der Waals surface area contributed by atoms with Crippen LogP contribution in [0.4, 0.5) is 5.69 Å². The summed E-state index contributed by atoms with van der Waals surface area (Å²) in [7, 11) is -1.66. The van der Waals surface area contributed by atoms with Gasteiger partial charge in [0.2, 0.25) is 10.0 Å². The van der Waals surface area contributed by atoms with Crippen molar-refractivity contribution in [1.29, 1.82) is 0 Å². The smallest absolute Gasteiger partial charge is 0.240 e. The number of hydrogen-bond donors (Lipinski definition) is 1. The van der Waals surface area contributed by atoms with E-state index in [-0.39, 0.29) is 11.4 Å². The molecule has 2 aromatic carbocycles. The van der Waals surface area contributed by atoms with Crippen LogP contribution < -0.4 is 4.72 Å². The van der Waals surface area contributed by atoms with Gasteiger partial charge in [0, 0.05) is 25.2 Å². The third-order valence-corrected chi connectivity index (χ3v) is 5.47. The highest BCUT2D eigenvalue weighted by molar-refractivity contribution is 7.89. The molecule has 0 spiro atoms. The molecule has 0 aliphatic heterocycles. The zero-order valence-corrected chi connectivity index (χ0v) is 16.1. The van der Waals surface area contributed by atoms with Crippen molar-refractivity contribution in [2.45, 2.75) is 18.7 Å². The third kappa shape index (κ3) is 5.85. The van der Waals surface area contributed by atoms with E-state index in [0.29, 0.717) is 11.6 Å². The van der Waals surface area contributed by atoms with Crippen LogP contribution in [-0.4, -0.2) is 39.3 Å². The molecule has 0 fully saturated rings. The first-order chi connectivity index (χ1) is 11.8. The van der Waals surface area contributed by atoms with Crippen molar-refractivity contribution in [2.75, 3.05) is 20.1 Å². The molecule has 0 aromatic heterocycles. The van der Waals surface area contributed by atoms with E-state index in [1.54, 1.807) is 12.1 Å². The zero-order valence-electron chi connectivity index (χ0n) is 14.5. The third-order valence-electron chi connectivity index (χ3n) is 3.74. The number of rotatable bonds is 6. The van der Waals surface area contributed by atoms with E-state index in [4.69, 9.17) is 11.6 Å². The first-order valence-electron chi connectivity index (χ1n) is 7.86. The minimum Gasteiger partial charge on any atom is -0.362 e. The van der Waals surface area contributed by atoms with Gasteiger partial charge in [0.05, 0.1) is 10.6 Å². The minimum absolute atomic E-state index is 0.199. The average Bonchev–Trinajstić information content (AvgIpc) is 2.57. The van der Waals surface area contributed by atoms with Gasteiger partial charge in [-0.3, -0.25) is 0 Å². The molecule has 7 heteroatoms. The molecule has 0 aliphatic carbocycles. The van der Waals surface area contributed by atoms with Gasteiger partial charge in [-0.05, 0) is 50.2 Å². The zero-order chi connectivity index (χ0) is 18.4. The SMILES string of the molecule is CC(=Nc1ccc(C)cc1)N(C)CCNS(=O)(=O)c1ccc(Cl)cc1. The van der Waals surface area contributed by atoms with Crippen LogP contribution in [0, 0.1) is 6.92 Å². The fraction of sp³-hybridized carbons (Fsp3) is 0.278. The monoisotopic (exact) mass is 379 g/mol. The molecule has 0 saturated carbocycles. The number of halogens is 1. The van der Waals surface area contributed by atoms with E-state index in [2.05, 4.69) is 9.71 Å². The number of hydrogen-bond acceptors (Lipinski definition) is 3. The fourth-order valence-electron chi connectivity index (χ4n) is 2.10. The van der Waals surface area contributed by atoms with E-state index in [1.807, 2.05) is 50.1 Å². The number of aliphatic imine (C=N–C) groups is 1. The highest BCUT2D eigenvalue weighted by Gasteiger charge is 2.13. The highest BCUT2D eigenvalue weighted by atomic mass is 35.5. The van der Waals surface area contributed by atoms with Crippen LogP contribution in [0.1, 0.15) is 12.5 Å². The molecule has 0 unspecified atom stereocenters. The van der Waals surface area contributed by atoms with Crippen LogP contribution in [0.3, 0.4) is 0 Å². The van der Waals surface area contributed by atoms with Crippen LogP contribution in [0.15, 0.2) is 58.4 Å². The van der Waals surface area contributed by atoms with Crippen molar-refractivity contribution in [2.24, 2.45) is 4.99 Å². The first kappa shape index (κ1) is 19.4. The van der Waals surface area contributed by atoms with Crippen LogP contribution in [0.5, 0.6) is 0 Å². The lowest BCUT2D eigenvalue weighted by Crippen LogP contribution is -2.35. The van der Waals surface area contributed by atoms with Gasteiger partial charge in [0.15, 0.2) is 0 Å². The largest absolute Gasteiger partial charge is 0.362 e. The Labute approximate surface area is 154 Å². The Balaban J connectivity index is 1.91. The number of nitrogens with one attached hydrogen (secondary N) is 1. The highest BCUT2D eigenvalue weighted by Crippen LogP contribution is 2.14. The summed E-state index contributed by atoms with van der Waals surface area (Å²) in [5.41, 5.74) is 2.05. The molecule has 0 aliphatic rings. The summed E-state index contributed by atoms with van der Waals surface area (Å²) in [5.74, 6) is 0.814. The Kier molecular flexibility index (Phi) is 6.58. The van der Waals surface area contributed by atoms with Crippen molar-refractivity contribution < 1.29 is 8.42 Å². The molecule has 2 aromatic rings. The molecular weight excluding hydrogens is 358 g/mol. The summed E-state index contributed by atoms with van der Waals surface area (Å²) in [6.45, 7) is 4.71. The van der Waals surface area contributed by atoms with Crippen molar-refractivity contribution in [3.05, 3.63) is 59.1 Å². The van der Waals surface area contributed by atoms with Crippen LogP contribution in [-0.2, 0) is 10.0 Å². The second kappa shape index (κ2) is 8.47. The van der Waals surface area contributed by atoms with Crippen LogP contribution >= 0.6 is 11.6 Å². The van der Waals surface area contributed by atoms with Crippen molar-refractivity contribution in [1.82, 2.24) is 9.62 Å². The van der Waals surface area contributed by atoms with Gasteiger partial charge in [-0.2, -0.15) is 0 Å². The van der Waals surface area contributed by atoms with Gasteiger partial charge in [0.1, 0.15) is 5.84 Å². The Hall–Kier alpha value is -1.89. The summed E-state index contributed by atoms with van der Waals surface area (Å²) in [5, 5.41) is 0.502. The molecule has 0 bridgehead atoms. The first-order valence-corrected chi connectivity index (χ1v) is 9.72. The molecular formula is C18H22ClN3O2S. The molecule has 1 N–H and O–H groups in total. The normalized spacial score (nSPS) is 12.2. The molecule has 5 nitrogen and oxygen atoms in total. The van der Waals surface area contributed by atoms with Crippen molar-refractivity contribution in [3.63, 3.8) is 0 Å². The lowest BCUT2D eigenvalue weighted by molar-refractivity contribution is 0.497. The van der Waals surface area contributed by atoms with Crippen molar-refractivity contribution >= 4 is 33.1 Å². The van der Waals surface area contributed by atoms with Gasteiger partial charge in [-0.25, -0.2) is 18.1 Å². The lowest BCUT2D eigenvalue weighted by Gasteiger charge is -2.19. The van der Waals surface area contributed by atoms with Gasteiger partial charge in [0.25, 0.3) is 0 Å². The number of aryl methyl sites for hydroxylation is 1. The molecule has 0 saturated heterocycles. The summed E-state index contributed by atoms with van der Waals surface area (Å²) in [4.78, 5) is 6.64. The molecule has 25 heavy (non-hydrogen) atoms. The molecule has 134 valence electrons. The second-order valence-electron chi connectivity index (χ2n) is 5.77. The van der Waals surface area contributed by atoms with Crippen molar-refractivity contribution in [3.8, 4) is 0 Å². The van der Waals surface area contributed by atoms with Gasteiger partial charge < -0.3 is 4.90 Å². The van der Waals surface area contributed by atoms with Gasteiger partial charge >= 0.3 is 0 Å². The Morgan fingerprint density at radius 1 is 1.12 bits per heavy atom. The molecule has 0 amide bonds. The number of sulfonamides is 1. The summed E-state index contributed by atoms with van der Waals surface area (Å²) < 4.78 is 27.0. The number of likely N-dealkylation sites (N-methyl/N-ethyl adjacent to an activating group) is 1. The Morgan fingerprint density at radius 3 is 2.32 bits per heavy atom. The molecule has 0 heterocycles. The lowest BCUT2D eigenvalue weighted by atomic mass is 10.2. The number of amidine groups is 1. The van der Waals surface area contributed by atoms with Gasteiger partial charge in [-0.1, -0.05) is 29.3 Å². The predicted molar refractivity (Wildman–Crippen MR) is 103 cm³/mol. The average molecular weight is 380 g/mol. The number of benzene rings is 2. The topological polar surface area (TPSA) is 61.8 Å². The van der Waals surface area contributed by atoms with Gasteiger partial charge in [-0.15, -0.1) is 0 Å². The summed E-state index contributed by atoms with van der Waals surface area (Å²) in [6.07, 6.45) is 0. The molecule has 0 atom stereocenters. The van der Waals surface area contributed by atoms with Crippen LogP contribution in [0.25, 0.3) is 0 Å². The van der Waals surface area contributed by atoms with E-state index < -0.39 is 10.0 Å². The summed E-state index contributed by atoms with van der Waals surface area (Å²) in [6, 6.07) is 14.0. The van der Waals surface area contributed by atoms with E-state index in [9.17, 15) is 8.42 Å². The van der Waals surface area contributed by atoms with E-state index in [0.717, 1.165) is 11.5 Å². The predicted octanol–water partition coefficient (Wildman–Crippen LogP) is 3.61. The maximum absolute atomic E-state index is 12.2. The Morgan fingerprint density at radius 2 is 1.72 bits per heavy atom. The molecule has 2 rings (SSSR count). The number of nitrogens with zero attached hydrogens (tertiary/aromatic N) is 2. The maximum Gasteiger partial charge on any atom is 0.240 e.